The predicted molar refractivity (Wildman–Crippen MR) is 65.0 cm³/mol. The first-order valence-electron chi connectivity index (χ1n) is 5.84. The van der Waals surface area contributed by atoms with Crippen LogP contribution in [0.5, 0.6) is 0 Å². The van der Waals surface area contributed by atoms with Gasteiger partial charge in [0.05, 0.1) is 12.4 Å². The van der Waals surface area contributed by atoms with Crippen molar-refractivity contribution in [2.75, 3.05) is 18.4 Å². The number of aromatic nitrogens is 5. The molecule has 2 aromatic rings. The van der Waals surface area contributed by atoms with Gasteiger partial charge in [0.1, 0.15) is 5.82 Å². The Morgan fingerprint density at radius 3 is 3.11 bits per heavy atom. The van der Waals surface area contributed by atoms with E-state index >= 15 is 0 Å². The molecule has 8 nitrogen and oxygen atoms in total. The quantitative estimate of drug-likeness (QED) is 0.738. The van der Waals surface area contributed by atoms with Crippen molar-refractivity contribution in [2.45, 2.75) is 19.8 Å². The van der Waals surface area contributed by atoms with Crippen LogP contribution in [0, 0.1) is 0 Å². The first-order valence-corrected chi connectivity index (χ1v) is 5.84. The molecule has 0 unspecified atom stereocenters. The van der Waals surface area contributed by atoms with Gasteiger partial charge in [0.2, 0.25) is 5.91 Å². The van der Waals surface area contributed by atoms with Crippen LogP contribution >= 0.6 is 0 Å². The van der Waals surface area contributed by atoms with Crippen molar-refractivity contribution in [3.05, 3.63) is 12.4 Å². The third-order valence-electron chi connectivity index (χ3n) is 2.34. The summed E-state index contributed by atoms with van der Waals surface area (Å²) < 4.78 is 1.54. The van der Waals surface area contributed by atoms with Gasteiger partial charge in [-0.15, -0.1) is 5.10 Å². The van der Waals surface area contributed by atoms with E-state index in [1.54, 1.807) is 12.4 Å². The zero-order valence-electron chi connectivity index (χ0n) is 10.1. The second kappa shape index (κ2) is 5.89. The van der Waals surface area contributed by atoms with Crippen LogP contribution in [0.2, 0.25) is 0 Å². The maximum atomic E-state index is 11.4. The van der Waals surface area contributed by atoms with E-state index in [1.807, 2.05) is 6.92 Å². The minimum absolute atomic E-state index is 0.0289. The van der Waals surface area contributed by atoms with Crippen LogP contribution in [0.1, 0.15) is 19.8 Å². The summed E-state index contributed by atoms with van der Waals surface area (Å²) in [5.41, 5.74) is 0.565. The van der Waals surface area contributed by atoms with Gasteiger partial charge in [0.25, 0.3) is 0 Å². The molecule has 1 amide bonds. The van der Waals surface area contributed by atoms with Crippen LogP contribution in [-0.4, -0.2) is 44.0 Å². The molecule has 0 fully saturated rings. The standard InChI is InChI=1S/C10H15N7O/c1-2-4-13-10(18)3-5-12-8-6-11-7-9-14-15-16-17(8)9/h6-7,12H,2-5H2,1H3,(H,13,18). The van der Waals surface area contributed by atoms with Crippen LogP contribution in [-0.2, 0) is 4.79 Å². The SMILES string of the molecule is CCCNC(=O)CCNc1cncc2nnnn12. The smallest absolute Gasteiger partial charge is 0.221 e. The molecule has 2 heterocycles. The molecule has 0 aliphatic rings. The molecule has 0 aliphatic carbocycles. The van der Waals surface area contributed by atoms with E-state index in [4.69, 9.17) is 0 Å². The Hall–Kier alpha value is -2.25. The number of hydrogen-bond donors (Lipinski definition) is 2. The average molecular weight is 249 g/mol. The van der Waals surface area contributed by atoms with E-state index in [0.717, 1.165) is 6.42 Å². The summed E-state index contributed by atoms with van der Waals surface area (Å²) in [4.78, 5) is 15.4. The summed E-state index contributed by atoms with van der Waals surface area (Å²) in [6.45, 7) is 3.24. The highest BCUT2D eigenvalue weighted by molar-refractivity contribution is 5.76. The van der Waals surface area contributed by atoms with Crippen LogP contribution < -0.4 is 10.6 Å². The second-order valence-electron chi connectivity index (χ2n) is 3.77. The number of nitrogens with zero attached hydrogens (tertiary/aromatic N) is 5. The van der Waals surface area contributed by atoms with Crippen molar-refractivity contribution >= 4 is 17.4 Å². The monoisotopic (exact) mass is 249 g/mol. The molecule has 0 saturated heterocycles. The minimum Gasteiger partial charge on any atom is -0.368 e. The van der Waals surface area contributed by atoms with E-state index in [2.05, 4.69) is 31.1 Å². The van der Waals surface area contributed by atoms with E-state index in [0.29, 0.717) is 31.0 Å². The summed E-state index contributed by atoms with van der Waals surface area (Å²) in [7, 11) is 0. The van der Waals surface area contributed by atoms with Gasteiger partial charge >= 0.3 is 0 Å². The highest BCUT2D eigenvalue weighted by Crippen LogP contribution is 2.05. The Morgan fingerprint density at radius 1 is 1.39 bits per heavy atom. The number of hydrogen-bond acceptors (Lipinski definition) is 6. The normalized spacial score (nSPS) is 10.5. The van der Waals surface area contributed by atoms with Crippen LogP contribution in [0.3, 0.4) is 0 Å². The molecule has 0 aromatic carbocycles. The largest absolute Gasteiger partial charge is 0.368 e. The molecule has 0 radical (unpaired) electrons. The molecule has 96 valence electrons. The summed E-state index contributed by atoms with van der Waals surface area (Å²) in [6.07, 6.45) is 4.53. The van der Waals surface area contributed by atoms with Crippen molar-refractivity contribution in [3.63, 3.8) is 0 Å². The molecule has 0 aliphatic heterocycles. The van der Waals surface area contributed by atoms with Gasteiger partial charge < -0.3 is 10.6 Å². The van der Waals surface area contributed by atoms with Gasteiger partial charge in [0, 0.05) is 19.5 Å². The number of fused-ring (bicyclic) bond motifs is 1. The minimum atomic E-state index is 0.0289. The molecular weight excluding hydrogens is 234 g/mol. The molecule has 18 heavy (non-hydrogen) atoms. The van der Waals surface area contributed by atoms with Crippen molar-refractivity contribution in [1.82, 2.24) is 30.3 Å². The Labute approximate surface area is 104 Å². The summed E-state index contributed by atoms with van der Waals surface area (Å²) in [5.74, 6) is 0.696. The Bertz CT molecular complexity index is 524. The van der Waals surface area contributed by atoms with E-state index < -0.39 is 0 Å². The highest BCUT2D eigenvalue weighted by atomic mass is 16.1. The number of carbonyl (C=O) groups is 1. The highest BCUT2D eigenvalue weighted by Gasteiger charge is 2.04. The lowest BCUT2D eigenvalue weighted by atomic mass is 10.3. The van der Waals surface area contributed by atoms with Gasteiger partial charge in [-0.25, -0.2) is 0 Å². The maximum absolute atomic E-state index is 11.4. The zero-order valence-corrected chi connectivity index (χ0v) is 10.1. The molecule has 2 aromatic heterocycles. The molecule has 2 rings (SSSR count). The van der Waals surface area contributed by atoms with Gasteiger partial charge in [-0.2, -0.15) is 4.52 Å². The number of carbonyl (C=O) groups excluding carboxylic acids is 1. The van der Waals surface area contributed by atoms with Crippen LogP contribution in [0.25, 0.3) is 5.65 Å². The topological polar surface area (TPSA) is 97.1 Å². The van der Waals surface area contributed by atoms with Crippen molar-refractivity contribution < 1.29 is 4.79 Å². The first-order chi connectivity index (χ1) is 8.81. The molecule has 8 heteroatoms. The van der Waals surface area contributed by atoms with Crippen LogP contribution in [0.15, 0.2) is 12.4 Å². The van der Waals surface area contributed by atoms with E-state index in [1.165, 1.54) is 4.52 Å². The summed E-state index contributed by atoms with van der Waals surface area (Å²) in [6, 6.07) is 0. The van der Waals surface area contributed by atoms with Crippen molar-refractivity contribution in [1.29, 1.82) is 0 Å². The predicted octanol–water partition coefficient (Wildman–Crippen LogP) is -0.153. The molecule has 0 atom stereocenters. The van der Waals surface area contributed by atoms with Crippen molar-refractivity contribution in [3.8, 4) is 0 Å². The van der Waals surface area contributed by atoms with Crippen LogP contribution in [0.4, 0.5) is 5.82 Å². The summed E-state index contributed by atoms with van der Waals surface area (Å²) in [5, 5.41) is 17.0. The molecule has 2 N–H and O–H groups in total. The first kappa shape index (κ1) is 12.2. The molecule has 0 spiro atoms. The fourth-order valence-corrected chi connectivity index (χ4v) is 1.45. The fourth-order valence-electron chi connectivity index (χ4n) is 1.45. The lowest BCUT2D eigenvalue weighted by molar-refractivity contribution is -0.120. The van der Waals surface area contributed by atoms with Gasteiger partial charge in [0.15, 0.2) is 5.65 Å². The third-order valence-corrected chi connectivity index (χ3v) is 2.34. The Morgan fingerprint density at radius 2 is 2.28 bits per heavy atom. The molecule has 0 saturated carbocycles. The second-order valence-corrected chi connectivity index (χ2v) is 3.77. The van der Waals surface area contributed by atoms with Crippen molar-refractivity contribution in [2.24, 2.45) is 0 Å². The maximum Gasteiger partial charge on any atom is 0.221 e. The number of anilines is 1. The van der Waals surface area contributed by atoms with Gasteiger partial charge in [-0.05, 0) is 16.8 Å². The lowest BCUT2D eigenvalue weighted by Crippen LogP contribution is -2.26. The number of nitrogens with one attached hydrogen (secondary N) is 2. The number of amides is 1. The summed E-state index contributed by atoms with van der Waals surface area (Å²) >= 11 is 0. The molecular formula is C10H15N7O. The zero-order chi connectivity index (χ0) is 12.8. The molecule has 0 bridgehead atoms. The fraction of sp³-hybridized carbons (Fsp3) is 0.500. The lowest BCUT2D eigenvalue weighted by Gasteiger charge is -2.06. The Kier molecular flexibility index (Phi) is 4.00. The number of tetrazole rings is 1. The average Bonchev–Trinajstić information content (AvgIpc) is 2.85. The van der Waals surface area contributed by atoms with Gasteiger partial charge in [-0.3, -0.25) is 9.78 Å². The van der Waals surface area contributed by atoms with Gasteiger partial charge in [-0.1, -0.05) is 6.92 Å². The third kappa shape index (κ3) is 2.90. The van der Waals surface area contributed by atoms with E-state index in [-0.39, 0.29) is 5.91 Å². The number of rotatable bonds is 6. The Balaban J connectivity index is 1.87. The van der Waals surface area contributed by atoms with E-state index in [9.17, 15) is 4.79 Å².